The number of halogens is 1. The number of aliphatic imine (C=N–C) groups is 1. The van der Waals surface area contributed by atoms with Crippen LogP contribution in [-0.2, 0) is 16.3 Å². The van der Waals surface area contributed by atoms with Crippen molar-refractivity contribution in [2.75, 3.05) is 23.4 Å². The van der Waals surface area contributed by atoms with Crippen molar-refractivity contribution in [3.63, 3.8) is 0 Å². The number of thioether (sulfide) groups is 1. The first kappa shape index (κ1) is 21.2. The number of rotatable bonds is 5. The Labute approximate surface area is 185 Å². The van der Waals surface area contributed by atoms with Crippen molar-refractivity contribution in [2.45, 2.75) is 24.6 Å². The van der Waals surface area contributed by atoms with Gasteiger partial charge in [-0.3, -0.25) is 9.79 Å². The summed E-state index contributed by atoms with van der Waals surface area (Å²) in [6, 6.07) is 12.9. The van der Waals surface area contributed by atoms with E-state index in [1.165, 1.54) is 11.8 Å². The molecular weight excluding hydrogens is 442 g/mol. The number of hydrogen-bond donors (Lipinski definition) is 2. The Morgan fingerprint density at radius 1 is 1.20 bits per heavy atom. The van der Waals surface area contributed by atoms with Gasteiger partial charge in [0.25, 0.3) is 5.91 Å². The highest BCUT2D eigenvalue weighted by Gasteiger charge is 2.42. The Morgan fingerprint density at radius 3 is 2.70 bits per heavy atom. The minimum absolute atomic E-state index is 0.0165. The number of nitrogens with one attached hydrogen (secondary N) is 2. The van der Waals surface area contributed by atoms with Gasteiger partial charge in [0.15, 0.2) is 15.0 Å². The minimum atomic E-state index is -2.97. The molecule has 2 heterocycles. The van der Waals surface area contributed by atoms with Gasteiger partial charge in [-0.1, -0.05) is 41.6 Å². The topological polar surface area (TPSA) is 87.6 Å². The van der Waals surface area contributed by atoms with Crippen LogP contribution in [0.25, 0.3) is 0 Å². The number of amides is 1. The molecule has 0 aromatic heterocycles. The van der Waals surface area contributed by atoms with Crippen LogP contribution < -0.4 is 10.6 Å². The zero-order valence-corrected chi connectivity index (χ0v) is 18.8. The van der Waals surface area contributed by atoms with Crippen molar-refractivity contribution in [3.8, 4) is 0 Å². The molecule has 2 atom stereocenters. The smallest absolute Gasteiger partial charge is 0.251 e. The summed E-state index contributed by atoms with van der Waals surface area (Å²) in [4.78, 5) is 17.1. The van der Waals surface area contributed by atoms with E-state index in [9.17, 15) is 13.2 Å². The van der Waals surface area contributed by atoms with E-state index in [1.807, 2.05) is 37.3 Å². The van der Waals surface area contributed by atoms with Gasteiger partial charge >= 0.3 is 0 Å². The summed E-state index contributed by atoms with van der Waals surface area (Å²) in [6.07, 6.45) is 0.721. The predicted molar refractivity (Wildman–Crippen MR) is 124 cm³/mol. The Bertz CT molecular complexity index is 1100. The molecule has 1 amide bonds. The van der Waals surface area contributed by atoms with Gasteiger partial charge in [-0.15, -0.1) is 0 Å². The number of fused-ring (bicyclic) bond motifs is 1. The molecule has 1 fully saturated rings. The molecule has 2 aliphatic rings. The number of benzene rings is 2. The Morgan fingerprint density at radius 2 is 1.97 bits per heavy atom. The number of nitrogens with zero attached hydrogens (tertiary/aromatic N) is 1. The maximum atomic E-state index is 12.6. The monoisotopic (exact) mass is 463 g/mol. The number of sulfone groups is 1. The number of carbonyl (C=O) groups is 1. The van der Waals surface area contributed by atoms with E-state index in [4.69, 9.17) is 11.6 Å². The van der Waals surface area contributed by atoms with Crippen molar-refractivity contribution in [1.82, 2.24) is 5.32 Å². The molecule has 2 aliphatic heterocycles. The number of hydrogen-bond acceptors (Lipinski definition) is 6. The Balaban J connectivity index is 1.37. The second-order valence-electron chi connectivity index (χ2n) is 7.52. The minimum Gasteiger partial charge on any atom is -0.352 e. The van der Waals surface area contributed by atoms with Crippen LogP contribution in [0.2, 0.25) is 5.02 Å². The predicted octanol–water partition coefficient (Wildman–Crippen LogP) is 3.30. The van der Waals surface area contributed by atoms with Gasteiger partial charge in [0.1, 0.15) is 0 Å². The molecule has 0 bridgehead atoms. The van der Waals surface area contributed by atoms with Gasteiger partial charge in [-0.05, 0) is 48.7 Å². The van der Waals surface area contributed by atoms with Gasteiger partial charge in [-0.2, -0.15) is 0 Å². The molecule has 0 saturated carbocycles. The second kappa shape index (κ2) is 8.61. The molecule has 0 unspecified atom stereocenters. The molecule has 2 aromatic carbocycles. The molecule has 2 aromatic rings. The fourth-order valence-electron chi connectivity index (χ4n) is 3.50. The van der Waals surface area contributed by atoms with Crippen molar-refractivity contribution in [3.05, 3.63) is 64.2 Å². The number of anilines is 1. The summed E-state index contributed by atoms with van der Waals surface area (Å²) in [5, 5.41) is 7.60. The van der Waals surface area contributed by atoms with Gasteiger partial charge in [0, 0.05) is 28.1 Å². The first-order chi connectivity index (χ1) is 14.3. The highest BCUT2D eigenvalue weighted by Crippen LogP contribution is 2.35. The van der Waals surface area contributed by atoms with Gasteiger partial charge in [-0.25, -0.2) is 8.42 Å². The maximum absolute atomic E-state index is 12.6. The maximum Gasteiger partial charge on any atom is 0.251 e. The van der Waals surface area contributed by atoms with E-state index in [0.717, 1.165) is 23.2 Å². The lowest BCUT2D eigenvalue weighted by Crippen LogP contribution is -2.25. The highest BCUT2D eigenvalue weighted by molar-refractivity contribution is 8.15. The third-order valence-corrected chi connectivity index (χ3v) is 8.57. The number of amidine groups is 1. The van der Waals surface area contributed by atoms with Gasteiger partial charge < -0.3 is 10.6 Å². The average Bonchev–Trinajstić information content (AvgIpc) is 3.17. The summed E-state index contributed by atoms with van der Waals surface area (Å²) in [5.41, 5.74) is 3.45. The van der Waals surface area contributed by atoms with Crippen molar-refractivity contribution < 1.29 is 13.2 Å². The SMILES string of the molecule is Cc1ccc(C(=O)NCCc2ccc(Cl)cc2)cc1NC1=N[C@H]2CS(=O)(=O)C[C@@H]2S1. The quantitative estimate of drug-likeness (QED) is 0.710. The van der Waals surface area contributed by atoms with Crippen LogP contribution in [0.5, 0.6) is 0 Å². The fourth-order valence-corrected chi connectivity index (χ4v) is 7.30. The molecule has 9 heteroatoms. The number of carbonyl (C=O) groups excluding carboxylic acids is 1. The second-order valence-corrected chi connectivity index (χ2v) is 11.3. The fraction of sp³-hybridized carbons (Fsp3) is 0.333. The normalized spacial score (nSPS) is 21.7. The van der Waals surface area contributed by atoms with E-state index in [2.05, 4.69) is 15.6 Å². The molecule has 158 valence electrons. The molecule has 0 radical (unpaired) electrons. The van der Waals surface area contributed by atoms with E-state index in [1.54, 1.807) is 12.1 Å². The average molecular weight is 464 g/mol. The van der Waals surface area contributed by atoms with Crippen LogP contribution in [0.1, 0.15) is 21.5 Å². The first-order valence-electron chi connectivity index (χ1n) is 9.64. The molecular formula is C21H22ClN3O3S2. The standard InChI is InChI=1S/C21H22ClN3O3S2/c1-13-2-5-15(20(26)23-9-8-14-3-6-16(22)7-4-14)10-17(13)24-21-25-18-11-30(27,28)12-19(18)29-21/h2-7,10,18-19H,8-9,11-12H2,1H3,(H,23,26)(H,24,25)/t18-,19-/m0/s1. The van der Waals surface area contributed by atoms with E-state index < -0.39 is 9.84 Å². The Kier molecular flexibility index (Phi) is 6.09. The van der Waals surface area contributed by atoms with E-state index in [-0.39, 0.29) is 28.7 Å². The first-order valence-corrected chi connectivity index (χ1v) is 12.7. The lowest BCUT2D eigenvalue weighted by atomic mass is 10.1. The lowest BCUT2D eigenvalue weighted by Gasteiger charge is -2.12. The van der Waals surface area contributed by atoms with E-state index >= 15 is 0 Å². The molecule has 6 nitrogen and oxygen atoms in total. The van der Waals surface area contributed by atoms with Crippen molar-refractivity contribution >= 4 is 50.0 Å². The summed E-state index contributed by atoms with van der Waals surface area (Å²) in [5.74, 6) is 0.146. The van der Waals surface area contributed by atoms with Crippen LogP contribution in [-0.4, -0.2) is 48.8 Å². The number of aryl methyl sites for hydroxylation is 1. The van der Waals surface area contributed by atoms with Crippen LogP contribution >= 0.6 is 23.4 Å². The van der Waals surface area contributed by atoms with Crippen molar-refractivity contribution in [1.29, 1.82) is 0 Å². The van der Waals surface area contributed by atoms with Crippen LogP contribution in [0, 0.1) is 6.92 Å². The highest BCUT2D eigenvalue weighted by atomic mass is 35.5. The van der Waals surface area contributed by atoms with E-state index in [0.29, 0.717) is 22.3 Å². The molecule has 0 spiro atoms. The van der Waals surface area contributed by atoms with Gasteiger partial charge in [0.05, 0.1) is 17.5 Å². The summed E-state index contributed by atoms with van der Waals surface area (Å²) >= 11 is 7.36. The molecule has 1 saturated heterocycles. The third-order valence-electron chi connectivity index (χ3n) is 5.17. The zero-order chi connectivity index (χ0) is 21.3. The molecule has 0 aliphatic carbocycles. The lowest BCUT2D eigenvalue weighted by molar-refractivity contribution is 0.0954. The van der Waals surface area contributed by atoms with Crippen LogP contribution in [0.3, 0.4) is 0 Å². The summed E-state index contributed by atoms with van der Waals surface area (Å²) < 4.78 is 23.4. The summed E-state index contributed by atoms with van der Waals surface area (Å²) in [7, 11) is -2.97. The molecule has 2 N–H and O–H groups in total. The Hall–Kier alpha value is -2.03. The summed E-state index contributed by atoms with van der Waals surface area (Å²) in [6.45, 7) is 2.48. The van der Waals surface area contributed by atoms with Crippen molar-refractivity contribution in [2.24, 2.45) is 4.99 Å². The zero-order valence-electron chi connectivity index (χ0n) is 16.4. The van der Waals surface area contributed by atoms with Crippen LogP contribution in [0.15, 0.2) is 47.5 Å². The largest absolute Gasteiger partial charge is 0.352 e. The van der Waals surface area contributed by atoms with Crippen LogP contribution in [0.4, 0.5) is 5.69 Å². The molecule has 4 rings (SSSR count). The molecule has 30 heavy (non-hydrogen) atoms. The van der Waals surface area contributed by atoms with Gasteiger partial charge in [0.2, 0.25) is 0 Å². The third kappa shape index (κ3) is 4.99.